The number of allylic oxidation sites excluding steroid dienone is 2. The molecule has 0 fully saturated rings. The molecular weight excluding hydrogens is 370 g/mol. The average Bonchev–Trinajstić information content (AvgIpc) is 2.67. The Balaban J connectivity index is 1.82. The minimum atomic E-state index is -0.907. The van der Waals surface area contributed by atoms with Gasteiger partial charge in [0.2, 0.25) is 0 Å². The Bertz CT molecular complexity index is 1210. The Kier molecular flexibility index (Phi) is 3.85. The summed E-state index contributed by atoms with van der Waals surface area (Å²) in [7, 11) is 0. The van der Waals surface area contributed by atoms with Gasteiger partial charge in [0.15, 0.2) is 17.4 Å². The van der Waals surface area contributed by atoms with Crippen LogP contribution in [-0.2, 0) is 4.79 Å². The molecule has 1 aliphatic heterocycles. The van der Waals surface area contributed by atoms with Gasteiger partial charge in [0.1, 0.15) is 0 Å². The smallest absolute Gasteiger partial charge is 0.162 e. The molecule has 1 aliphatic carbocycles. The third kappa shape index (κ3) is 2.84. The van der Waals surface area contributed by atoms with Crippen molar-refractivity contribution in [2.45, 2.75) is 32.6 Å². The van der Waals surface area contributed by atoms with E-state index in [0.717, 1.165) is 40.2 Å². The van der Waals surface area contributed by atoms with E-state index >= 15 is 0 Å². The van der Waals surface area contributed by atoms with E-state index in [2.05, 4.69) is 24.1 Å². The highest BCUT2D eigenvalue weighted by molar-refractivity contribution is 6.04. The number of hydrogen-bond donors (Lipinski definition) is 1. The molecule has 5 rings (SSSR count). The number of ketones is 1. The van der Waals surface area contributed by atoms with Crippen LogP contribution in [0.1, 0.15) is 43.7 Å². The third-order valence-electron chi connectivity index (χ3n) is 5.92. The van der Waals surface area contributed by atoms with Gasteiger partial charge in [-0.25, -0.2) is 8.78 Å². The maximum Gasteiger partial charge on any atom is 0.162 e. The fraction of sp³-hybridized carbons (Fsp3) is 0.250. The van der Waals surface area contributed by atoms with E-state index in [9.17, 15) is 13.6 Å². The summed E-state index contributed by atoms with van der Waals surface area (Å²) in [5.41, 5.74) is 3.76. The van der Waals surface area contributed by atoms with Gasteiger partial charge in [-0.3, -0.25) is 9.78 Å². The third-order valence-corrected chi connectivity index (χ3v) is 5.92. The molecule has 1 N–H and O–H groups in total. The van der Waals surface area contributed by atoms with Crippen LogP contribution in [0.3, 0.4) is 0 Å². The van der Waals surface area contributed by atoms with Crippen LogP contribution in [-0.4, -0.2) is 10.8 Å². The van der Waals surface area contributed by atoms with Crippen molar-refractivity contribution in [1.29, 1.82) is 0 Å². The lowest BCUT2D eigenvalue weighted by Gasteiger charge is -2.40. The van der Waals surface area contributed by atoms with Gasteiger partial charge in [0, 0.05) is 47.1 Å². The molecule has 3 nitrogen and oxygen atoms in total. The second kappa shape index (κ2) is 6.21. The molecular formula is C24H20F2N2O. The number of carbonyl (C=O) groups is 1. The molecule has 1 aromatic heterocycles. The number of fused-ring (bicyclic) bond motifs is 3. The fourth-order valence-electron chi connectivity index (χ4n) is 4.73. The van der Waals surface area contributed by atoms with Crippen LogP contribution >= 0.6 is 0 Å². The largest absolute Gasteiger partial charge is 0.358 e. The second-order valence-corrected chi connectivity index (χ2v) is 8.69. The maximum atomic E-state index is 14.2. The van der Waals surface area contributed by atoms with Crippen LogP contribution in [0.5, 0.6) is 0 Å². The first-order chi connectivity index (χ1) is 13.8. The van der Waals surface area contributed by atoms with E-state index < -0.39 is 17.6 Å². The number of pyridine rings is 1. The van der Waals surface area contributed by atoms with Crippen molar-refractivity contribution in [2.75, 3.05) is 5.32 Å². The molecule has 1 atom stereocenters. The monoisotopic (exact) mass is 390 g/mol. The highest BCUT2D eigenvalue weighted by Crippen LogP contribution is 2.50. The molecule has 29 heavy (non-hydrogen) atoms. The van der Waals surface area contributed by atoms with Gasteiger partial charge in [-0.05, 0) is 52.6 Å². The van der Waals surface area contributed by atoms with Gasteiger partial charge in [-0.15, -0.1) is 0 Å². The SMILES string of the molecule is CC1(C)CC(=O)C2=C(C1)Nc1ccc3cnccc3c1C2c1ccc(F)c(F)c1. The quantitative estimate of drug-likeness (QED) is 0.578. The van der Waals surface area contributed by atoms with Crippen LogP contribution in [0.15, 0.2) is 60.1 Å². The van der Waals surface area contributed by atoms with E-state index in [1.807, 2.05) is 18.2 Å². The van der Waals surface area contributed by atoms with Crippen LogP contribution in [0.25, 0.3) is 10.8 Å². The van der Waals surface area contributed by atoms with Gasteiger partial charge in [-0.2, -0.15) is 0 Å². The lowest BCUT2D eigenvalue weighted by molar-refractivity contribution is -0.118. The summed E-state index contributed by atoms with van der Waals surface area (Å²) >= 11 is 0. The van der Waals surface area contributed by atoms with Crippen LogP contribution in [0, 0.1) is 17.0 Å². The van der Waals surface area contributed by atoms with Crippen LogP contribution in [0.2, 0.25) is 0 Å². The van der Waals surface area contributed by atoms with E-state index in [1.54, 1.807) is 18.5 Å². The zero-order valence-electron chi connectivity index (χ0n) is 16.2. The predicted octanol–water partition coefficient (Wildman–Crippen LogP) is 5.71. The molecule has 0 radical (unpaired) electrons. The summed E-state index contributed by atoms with van der Waals surface area (Å²) in [4.78, 5) is 17.4. The van der Waals surface area contributed by atoms with Gasteiger partial charge in [0.05, 0.1) is 0 Å². The summed E-state index contributed by atoms with van der Waals surface area (Å²) in [5, 5.41) is 5.36. The number of rotatable bonds is 1. The highest BCUT2D eigenvalue weighted by Gasteiger charge is 2.41. The fourth-order valence-corrected chi connectivity index (χ4v) is 4.73. The Labute approximate surface area is 167 Å². The van der Waals surface area contributed by atoms with Crippen molar-refractivity contribution >= 4 is 22.2 Å². The molecule has 5 heteroatoms. The van der Waals surface area contributed by atoms with Crippen molar-refractivity contribution in [3.63, 3.8) is 0 Å². The van der Waals surface area contributed by atoms with Crippen molar-refractivity contribution in [2.24, 2.45) is 5.41 Å². The number of Topliss-reactive ketones (excluding diaryl/α,β-unsaturated/α-hetero) is 1. The molecule has 146 valence electrons. The van der Waals surface area contributed by atoms with Crippen LogP contribution in [0.4, 0.5) is 14.5 Å². The second-order valence-electron chi connectivity index (χ2n) is 8.69. The van der Waals surface area contributed by atoms with Crippen molar-refractivity contribution in [1.82, 2.24) is 4.98 Å². The number of aromatic nitrogens is 1. The minimum absolute atomic E-state index is 0.0511. The van der Waals surface area contributed by atoms with Gasteiger partial charge in [0.25, 0.3) is 0 Å². The van der Waals surface area contributed by atoms with Crippen LogP contribution < -0.4 is 5.32 Å². The summed E-state index contributed by atoms with van der Waals surface area (Å²) in [5.74, 6) is -2.20. The molecule has 0 spiro atoms. The summed E-state index contributed by atoms with van der Waals surface area (Å²) in [6.07, 6.45) is 4.63. The normalized spacial score (nSPS) is 20.3. The van der Waals surface area contributed by atoms with Crippen molar-refractivity contribution in [3.8, 4) is 0 Å². The lowest BCUT2D eigenvalue weighted by atomic mass is 9.68. The Hall–Kier alpha value is -3.08. The molecule has 0 amide bonds. The van der Waals surface area contributed by atoms with E-state index in [-0.39, 0.29) is 11.2 Å². The molecule has 3 aromatic rings. The van der Waals surface area contributed by atoms with E-state index in [4.69, 9.17) is 0 Å². The number of nitrogens with one attached hydrogen (secondary N) is 1. The topological polar surface area (TPSA) is 42.0 Å². The zero-order chi connectivity index (χ0) is 20.3. The summed E-state index contributed by atoms with van der Waals surface area (Å²) < 4.78 is 27.8. The number of carbonyl (C=O) groups excluding carboxylic acids is 1. The van der Waals surface area contributed by atoms with E-state index in [0.29, 0.717) is 17.6 Å². The van der Waals surface area contributed by atoms with Gasteiger partial charge >= 0.3 is 0 Å². The number of nitrogens with zero attached hydrogens (tertiary/aromatic N) is 1. The van der Waals surface area contributed by atoms with Gasteiger partial charge < -0.3 is 5.32 Å². The average molecular weight is 390 g/mol. The first-order valence-corrected chi connectivity index (χ1v) is 9.69. The molecule has 2 aromatic carbocycles. The molecule has 2 aliphatic rings. The summed E-state index contributed by atoms with van der Waals surface area (Å²) in [6.45, 7) is 4.15. The zero-order valence-corrected chi connectivity index (χ0v) is 16.2. The Morgan fingerprint density at radius 2 is 1.90 bits per heavy atom. The van der Waals surface area contributed by atoms with Gasteiger partial charge in [-0.1, -0.05) is 26.0 Å². The molecule has 0 saturated carbocycles. The van der Waals surface area contributed by atoms with Crippen molar-refractivity contribution < 1.29 is 13.6 Å². The number of anilines is 1. The summed E-state index contributed by atoms with van der Waals surface area (Å²) in [6, 6.07) is 9.80. The molecule has 0 saturated heterocycles. The highest BCUT2D eigenvalue weighted by atomic mass is 19.2. The predicted molar refractivity (Wildman–Crippen MR) is 109 cm³/mol. The first-order valence-electron chi connectivity index (χ1n) is 9.69. The molecule has 0 bridgehead atoms. The maximum absolute atomic E-state index is 14.2. The molecule has 1 unspecified atom stereocenters. The van der Waals surface area contributed by atoms with Crippen molar-refractivity contribution in [3.05, 3.63) is 82.8 Å². The standard InChI is InChI=1S/C24H20F2N2O/c1-24(2)10-19-23(20(29)11-24)21(13-3-5-16(25)17(26)9-13)22-15-7-8-27-12-14(15)4-6-18(22)28-19/h3-9,12,21,28H,10-11H2,1-2H3. The number of halogens is 2. The Morgan fingerprint density at radius 1 is 1.07 bits per heavy atom. The lowest BCUT2D eigenvalue weighted by Crippen LogP contribution is -2.34. The molecule has 2 heterocycles. The van der Waals surface area contributed by atoms with E-state index in [1.165, 1.54) is 6.07 Å². The minimum Gasteiger partial charge on any atom is -0.358 e. The number of hydrogen-bond acceptors (Lipinski definition) is 3. The Morgan fingerprint density at radius 3 is 2.69 bits per heavy atom. The number of benzene rings is 2. The first kappa shape index (κ1) is 18.0.